The minimum atomic E-state index is -4.59. The molecule has 0 rings (SSSR count). The Morgan fingerprint density at radius 3 is 1.56 bits per heavy atom. The van der Waals surface area contributed by atoms with Crippen LogP contribution in [-0.2, 0) is 18.4 Å². The lowest BCUT2D eigenvalue weighted by Crippen LogP contribution is -2.45. The SMILES string of the molecule is CC/C=C\C/C=C\C/C=C\C/C=C\C/C=C\CCCCCCCCCCCC(=O)NC(COP(=O)([O-])OCC[N+](C)(C)C)C(O)/C=C/CCCCCCCCCC. The van der Waals surface area contributed by atoms with Crippen LogP contribution in [0.25, 0.3) is 0 Å². The van der Waals surface area contributed by atoms with Gasteiger partial charge in [0.15, 0.2) is 0 Å². The zero-order chi connectivity index (χ0) is 42.1. The molecule has 9 heteroatoms. The molecule has 0 bridgehead atoms. The molecule has 57 heavy (non-hydrogen) atoms. The van der Waals surface area contributed by atoms with Gasteiger partial charge in [-0.15, -0.1) is 0 Å². The molecule has 0 aromatic rings. The molecule has 0 fully saturated rings. The fourth-order valence-electron chi connectivity index (χ4n) is 6.06. The van der Waals surface area contributed by atoms with Crippen LogP contribution in [0.3, 0.4) is 0 Å². The fourth-order valence-corrected chi connectivity index (χ4v) is 6.78. The van der Waals surface area contributed by atoms with Crippen LogP contribution in [0, 0.1) is 0 Å². The molecule has 0 aromatic heterocycles. The molecule has 0 aromatic carbocycles. The zero-order valence-corrected chi connectivity index (χ0v) is 38.2. The van der Waals surface area contributed by atoms with E-state index in [-0.39, 0.29) is 19.1 Å². The van der Waals surface area contributed by atoms with Gasteiger partial charge in [-0.05, 0) is 64.2 Å². The zero-order valence-electron chi connectivity index (χ0n) is 37.3. The number of nitrogens with zero attached hydrogens (tertiary/aromatic N) is 1. The standard InChI is InChI=1S/C48H87N2O6P/c1-6-8-10-12-14-16-18-19-20-21-22-23-24-25-26-27-28-29-30-31-32-34-36-38-40-42-48(52)49-46(45-56-57(53,54)55-44-43-50(3,4)5)47(51)41-39-37-35-33-17-15-13-11-9-7-2/h8,10,14,16,19-20,22-23,25-26,39,41,46-47,51H,6-7,9,11-13,15,17-18,21,24,27-38,40,42-45H2,1-5H3,(H-,49,52,53,54)/b10-8-,16-14-,20-19-,23-22-,26-25-,41-39+. The predicted molar refractivity (Wildman–Crippen MR) is 242 cm³/mol. The first-order valence-corrected chi connectivity index (χ1v) is 24.3. The van der Waals surface area contributed by atoms with Crippen molar-refractivity contribution < 1.29 is 32.9 Å². The van der Waals surface area contributed by atoms with Gasteiger partial charge in [-0.1, -0.05) is 177 Å². The summed E-state index contributed by atoms with van der Waals surface area (Å²) in [4.78, 5) is 25.3. The molecule has 0 spiro atoms. The van der Waals surface area contributed by atoms with Crippen LogP contribution < -0.4 is 10.2 Å². The van der Waals surface area contributed by atoms with E-state index in [9.17, 15) is 19.4 Å². The summed E-state index contributed by atoms with van der Waals surface area (Å²) in [7, 11) is 1.24. The molecule has 0 aliphatic rings. The highest BCUT2D eigenvalue weighted by Gasteiger charge is 2.23. The Balaban J connectivity index is 4.27. The summed E-state index contributed by atoms with van der Waals surface area (Å²) in [5.74, 6) is -0.210. The number of phosphoric ester groups is 1. The monoisotopic (exact) mass is 819 g/mol. The Hall–Kier alpha value is -2.06. The average Bonchev–Trinajstić information content (AvgIpc) is 3.16. The van der Waals surface area contributed by atoms with Gasteiger partial charge in [0.25, 0.3) is 7.82 Å². The maximum absolute atomic E-state index is 12.8. The van der Waals surface area contributed by atoms with Crippen molar-refractivity contribution >= 4 is 13.7 Å². The van der Waals surface area contributed by atoms with E-state index >= 15 is 0 Å². The Morgan fingerprint density at radius 1 is 0.632 bits per heavy atom. The van der Waals surface area contributed by atoms with E-state index in [1.54, 1.807) is 6.08 Å². The molecular weight excluding hydrogens is 732 g/mol. The van der Waals surface area contributed by atoms with Crippen LogP contribution in [0.4, 0.5) is 0 Å². The topological polar surface area (TPSA) is 108 Å². The van der Waals surface area contributed by atoms with Crippen LogP contribution in [-0.4, -0.2) is 68.5 Å². The predicted octanol–water partition coefficient (Wildman–Crippen LogP) is 12.2. The summed E-state index contributed by atoms with van der Waals surface area (Å²) in [6, 6.07) is -0.891. The van der Waals surface area contributed by atoms with Gasteiger partial charge in [0.05, 0.1) is 39.9 Å². The number of quaternary nitrogens is 1. The van der Waals surface area contributed by atoms with Crippen LogP contribution in [0.2, 0.25) is 0 Å². The molecule has 330 valence electrons. The molecule has 0 saturated carbocycles. The van der Waals surface area contributed by atoms with E-state index in [1.165, 1.54) is 77.0 Å². The molecule has 1 amide bonds. The second-order valence-electron chi connectivity index (χ2n) is 16.4. The van der Waals surface area contributed by atoms with Gasteiger partial charge in [-0.2, -0.15) is 0 Å². The summed E-state index contributed by atoms with van der Waals surface area (Å²) in [6.07, 6.45) is 52.4. The fraction of sp³-hybridized carbons (Fsp3) is 0.729. The number of hydrogen-bond donors (Lipinski definition) is 2. The van der Waals surface area contributed by atoms with Crippen LogP contribution in [0.5, 0.6) is 0 Å². The first-order chi connectivity index (χ1) is 27.5. The normalized spacial score (nSPS) is 15.0. The number of unbranched alkanes of at least 4 members (excludes halogenated alkanes) is 17. The minimum absolute atomic E-state index is 0.00578. The molecule has 0 saturated heterocycles. The van der Waals surface area contributed by atoms with Crippen molar-refractivity contribution in [1.82, 2.24) is 5.32 Å². The molecule has 2 N–H and O–H groups in total. The van der Waals surface area contributed by atoms with Crippen molar-refractivity contribution in [3.05, 3.63) is 72.9 Å². The molecule has 8 nitrogen and oxygen atoms in total. The van der Waals surface area contributed by atoms with Gasteiger partial charge >= 0.3 is 0 Å². The number of carbonyl (C=O) groups is 1. The second kappa shape index (κ2) is 39.4. The summed E-state index contributed by atoms with van der Waals surface area (Å²) < 4.78 is 23.1. The lowest BCUT2D eigenvalue weighted by atomic mass is 10.0. The Morgan fingerprint density at radius 2 is 1.07 bits per heavy atom. The Kier molecular flexibility index (Phi) is 38.0. The molecule has 0 heterocycles. The number of hydrogen-bond acceptors (Lipinski definition) is 6. The first kappa shape index (κ1) is 54.9. The molecular formula is C48H87N2O6P. The highest BCUT2D eigenvalue weighted by Crippen LogP contribution is 2.38. The second-order valence-corrected chi connectivity index (χ2v) is 17.8. The van der Waals surface area contributed by atoms with Crippen molar-refractivity contribution in [2.75, 3.05) is 40.9 Å². The smallest absolute Gasteiger partial charge is 0.268 e. The lowest BCUT2D eigenvalue weighted by Gasteiger charge is -2.29. The Labute approximate surface area is 351 Å². The number of rotatable bonds is 40. The number of likely N-dealkylation sites (N-methyl/N-ethyl adjacent to an activating group) is 1. The third-order valence-corrected chi connectivity index (χ3v) is 10.6. The number of phosphoric acid groups is 1. The summed E-state index contributed by atoms with van der Waals surface area (Å²) >= 11 is 0. The lowest BCUT2D eigenvalue weighted by molar-refractivity contribution is -0.870. The number of carbonyl (C=O) groups excluding carboxylic acids is 1. The number of allylic oxidation sites excluding steroid dienone is 11. The highest BCUT2D eigenvalue weighted by atomic mass is 31.2. The largest absolute Gasteiger partial charge is 0.756 e. The van der Waals surface area contributed by atoms with Crippen LogP contribution in [0.15, 0.2) is 72.9 Å². The minimum Gasteiger partial charge on any atom is -0.756 e. The van der Waals surface area contributed by atoms with E-state index < -0.39 is 20.0 Å². The molecule has 3 unspecified atom stereocenters. The third-order valence-electron chi connectivity index (χ3n) is 9.67. The number of nitrogens with one attached hydrogen (secondary N) is 1. The number of amides is 1. The van der Waals surface area contributed by atoms with Gasteiger partial charge in [0.1, 0.15) is 13.2 Å². The quantitative estimate of drug-likeness (QED) is 0.0276. The third kappa shape index (κ3) is 41.9. The van der Waals surface area contributed by atoms with Crippen molar-refractivity contribution in [2.24, 2.45) is 0 Å². The number of aliphatic hydroxyl groups excluding tert-OH is 1. The summed E-state index contributed by atoms with van der Waals surface area (Å²) in [5, 5.41) is 13.7. The van der Waals surface area contributed by atoms with Gasteiger partial charge in [-0.3, -0.25) is 9.36 Å². The van der Waals surface area contributed by atoms with E-state index in [1.807, 2.05) is 27.2 Å². The van der Waals surface area contributed by atoms with Gasteiger partial charge in [0.2, 0.25) is 5.91 Å². The molecule has 0 aliphatic heterocycles. The van der Waals surface area contributed by atoms with E-state index in [0.717, 1.165) is 77.0 Å². The summed E-state index contributed by atoms with van der Waals surface area (Å²) in [6.45, 7) is 4.48. The molecule has 0 aliphatic carbocycles. The van der Waals surface area contributed by atoms with E-state index in [4.69, 9.17) is 9.05 Å². The van der Waals surface area contributed by atoms with Crippen LogP contribution in [0.1, 0.15) is 174 Å². The van der Waals surface area contributed by atoms with Crippen LogP contribution >= 0.6 is 7.82 Å². The van der Waals surface area contributed by atoms with Crippen molar-refractivity contribution in [2.45, 2.75) is 187 Å². The highest BCUT2D eigenvalue weighted by molar-refractivity contribution is 7.45. The molecule has 0 radical (unpaired) electrons. The van der Waals surface area contributed by atoms with Gasteiger partial charge in [-0.25, -0.2) is 0 Å². The molecule has 3 atom stereocenters. The van der Waals surface area contributed by atoms with E-state index in [0.29, 0.717) is 17.4 Å². The van der Waals surface area contributed by atoms with Gasteiger partial charge < -0.3 is 28.8 Å². The van der Waals surface area contributed by atoms with Gasteiger partial charge in [0, 0.05) is 6.42 Å². The maximum atomic E-state index is 12.8. The first-order valence-electron chi connectivity index (χ1n) is 22.8. The van der Waals surface area contributed by atoms with Crippen molar-refractivity contribution in [3.8, 4) is 0 Å². The van der Waals surface area contributed by atoms with Crippen molar-refractivity contribution in [3.63, 3.8) is 0 Å². The van der Waals surface area contributed by atoms with Crippen molar-refractivity contribution in [1.29, 1.82) is 0 Å². The number of aliphatic hydroxyl groups is 1. The summed E-state index contributed by atoms with van der Waals surface area (Å²) in [5.41, 5.74) is 0. The maximum Gasteiger partial charge on any atom is 0.268 e. The average molecular weight is 819 g/mol. The Bertz CT molecular complexity index is 1160. The van der Waals surface area contributed by atoms with E-state index in [2.05, 4.69) is 79.9 Å².